The van der Waals surface area contributed by atoms with Crippen molar-refractivity contribution in [1.82, 2.24) is 14.8 Å². The van der Waals surface area contributed by atoms with Crippen LogP contribution in [0, 0.1) is 0 Å². The summed E-state index contributed by atoms with van der Waals surface area (Å²) in [5.74, 6) is 0.768. The Labute approximate surface area is 80.7 Å². The van der Waals surface area contributed by atoms with E-state index in [4.69, 9.17) is 5.73 Å². The number of nitrogens with one attached hydrogen (secondary N) is 1. The molecule has 0 saturated carbocycles. The Hall–Kier alpha value is -0.750. The third kappa shape index (κ3) is 2.60. The smallest absolute Gasteiger partial charge is 0.327 e. The first-order valence-corrected chi connectivity index (χ1v) is 5.17. The molecule has 3 N–H and O–H groups in total. The van der Waals surface area contributed by atoms with E-state index in [2.05, 4.69) is 10.2 Å². The molecule has 0 amide bonds. The number of H-pyrrole nitrogens is 1. The highest BCUT2D eigenvalue weighted by Gasteiger charge is 2.07. The van der Waals surface area contributed by atoms with E-state index in [9.17, 15) is 4.79 Å². The quantitative estimate of drug-likeness (QED) is 0.675. The van der Waals surface area contributed by atoms with Crippen molar-refractivity contribution >= 4 is 11.8 Å². The summed E-state index contributed by atoms with van der Waals surface area (Å²) in [7, 11) is 0. The summed E-state index contributed by atoms with van der Waals surface area (Å²) < 4.78 is 1.59. The van der Waals surface area contributed by atoms with Crippen molar-refractivity contribution in [2.75, 3.05) is 5.75 Å². The second-order valence-corrected chi connectivity index (χ2v) is 3.83. The minimum Gasteiger partial charge on any atom is -0.327 e. The first kappa shape index (κ1) is 10.3. The molecule has 13 heavy (non-hydrogen) atoms. The van der Waals surface area contributed by atoms with Crippen molar-refractivity contribution in [2.45, 2.75) is 31.6 Å². The number of aromatic nitrogens is 3. The lowest BCUT2D eigenvalue weighted by atomic mass is 10.4. The average molecular weight is 202 g/mol. The van der Waals surface area contributed by atoms with Crippen molar-refractivity contribution in [2.24, 2.45) is 5.73 Å². The predicted molar refractivity (Wildman–Crippen MR) is 52.9 cm³/mol. The Kier molecular flexibility index (Phi) is 3.56. The van der Waals surface area contributed by atoms with Crippen LogP contribution in [0.2, 0.25) is 0 Å². The maximum Gasteiger partial charge on any atom is 0.343 e. The summed E-state index contributed by atoms with van der Waals surface area (Å²) in [6.07, 6.45) is 0. The minimum atomic E-state index is -0.158. The normalized spacial score (nSPS) is 13.2. The van der Waals surface area contributed by atoms with Crippen LogP contribution in [0.15, 0.2) is 9.95 Å². The molecule has 5 nitrogen and oxygen atoms in total. The predicted octanol–water partition coefficient (Wildman–Crippen LogP) is 0.0306. The highest BCUT2D eigenvalue weighted by molar-refractivity contribution is 7.99. The van der Waals surface area contributed by atoms with Crippen LogP contribution < -0.4 is 11.4 Å². The van der Waals surface area contributed by atoms with Crippen molar-refractivity contribution in [3.05, 3.63) is 10.5 Å². The minimum absolute atomic E-state index is 0.113. The van der Waals surface area contributed by atoms with Gasteiger partial charge in [0, 0.05) is 18.3 Å². The van der Waals surface area contributed by atoms with Gasteiger partial charge in [-0.15, -0.1) is 5.10 Å². The van der Waals surface area contributed by atoms with Gasteiger partial charge in [0.25, 0.3) is 0 Å². The first-order valence-electron chi connectivity index (χ1n) is 4.18. The van der Waals surface area contributed by atoms with Gasteiger partial charge in [-0.05, 0) is 13.8 Å². The van der Waals surface area contributed by atoms with Gasteiger partial charge >= 0.3 is 5.69 Å². The molecule has 1 heterocycles. The monoisotopic (exact) mass is 202 g/mol. The summed E-state index contributed by atoms with van der Waals surface area (Å²) in [4.78, 5) is 11.1. The van der Waals surface area contributed by atoms with E-state index in [0.717, 1.165) is 5.75 Å². The SMILES string of the molecule is CCn1c(SCC(C)N)n[nH]c1=O. The molecule has 0 aliphatic heterocycles. The molecule has 0 radical (unpaired) electrons. The molecular weight excluding hydrogens is 188 g/mol. The molecule has 0 saturated heterocycles. The molecule has 0 bridgehead atoms. The summed E-state index contributed by atoms with van der Waals surface area (Å²) in [6.45, 7) is 4.47. The van der Waals surface area contributed by atoms with Gasteiger partial charge in [0.2, 0.25) is 0 Å². The number of rotatable bonds is 4. The molecule has 0 aliphatic carbocycles. The Balaban J connectivity index is 2.71. The van der Waals surface area contributed by atoms with Gasteiger partial charge in [-0.2, -0.15) is 0 Å². The molecule has 1 unspecified atom stereocenters. The first-order chi connectivity index (χ1) is 6.15. The van der Waals surface area contributed by atoms with Crippen LogP contribution >= 0.6 is 11.8 Å². The lowest BCUT2D eigenvalue weighted by Crippen LogP contribution is -2.19. The van der Waals surface area contributed by atoms with E-state index < -0.39 is 0 Å². The zero-order valence-electron chi connectivity index (χ0n) is 7.78. The highest BCUT2D eigenvalue weighted by atomic mass is 32.2. The molecule has 6 heteroatoms. The van der Waals surface area contributed by atoms with Gasteiger partial charge in [0.1, 0.15) is 0 Å². The Morgan fingerprint density at radius 1 is 1.77 bits per heavy atom. The van der Waals surface area contributed by atoms with Crippen LogP contribution in [-0.2, 0) is 6.54 Å². The number of nitrogens with two attached hydrogens (primary N) is 1. The lowest BCUT2D eigenvalue weighted by molar-refractivity contribution is 0.659. The number of thioether (sulfide) groups is 1. The zero-order valence-corrected chi connectivity index (χ0v) is 8.60. The number of hydrogen-bond donors (Lipinski definition) is 2. The molecule has 1 aromatic heterocycles. The van der Waals surface area contributed by atoms with Gasteiger partial charge in [0.05, 0.1) is 0 Å². The fourth-order valence-corrected chi connectivity index (χ4v) is 1.79. The summed E-state index contributed by atoms with van der Waals surface area (Å²) in [5.41, 5.74) is 5.43. The van der Waals surface area contributed by atoms with Crippen molar-refractivity contribution < 1.29 is 0 Å². The van der Waals surface area contributed by atoms with Crippen LogP contribution in [0.5, 0.6) is 0 Å². The molecule has 0 aliphatic rings. The van der Waals surface area contributed by atoms with E-state index in [1.165, 1.54) is 11.8 Å². The van der Waals surface area contributed by atoms with Crippen LogP contribution in [0.25, 0.3) is 0 Å². The fraction of sp³-hybridized carbons (Fsp3) is 0.714. The second-order valence-electron chi connectivity index (χ2n) is 2.84. The molecular formula is C7H14N4OS. The zero-order chi connectivity index (χ0) is 9.84. The maximum atomic E-state index is 11.1. The van der Waals surface area contributed by atoms with Gasteiger partial charge in [0.15, 0.2) is 5.16 Å². The molecule has 0 fully saturated rings. The number of aromatic amines is 1. The fourth-order valence-electron chi connectivity index (χ4n) is 0.898. The van der Waals surface area contributed by atoms with Gasteiger partial charge < -0.3 is 5.73 Å². The van der Waals surface area contributed by atoms with Gasteiger partial charge in [-0.1, -0.05) is 11.8 Å². The van der Waals surface area contributed by atoms with Crippen molar-refractivity contribution in [3.63, 3.8) is 0 Å². The number of hydrogen-bond acceptors (Lipinski definition) is 4. The molecule has 1 atom stereocenters. The largest absolute Gasteiger partial charge is 0.343 e. The van der Waals surface area contributed by atoms with Gasteiger partial charge in [-0.25, -0.2) is 9.89 Å². The van der Waals surface area contributed by atoms with Crippen LogP contribution in [0.1, 0.15) is 13.8 Å². The topological polar surface area (TPSA) is 76.7 Å². The van der Waals surface area contributed by atoms with E-state index in [0.29, 0.717) is 11.7 Å². The van der Waals surface area contributed by atoms with Crippen LogP contribution in [0.3, 0.4) is 0 Å². The summed E-state index contributed by atoms with van der Waals surface area (Å²) in [6, 6.07) is 0.113. The molecule has 0 spiro atoms. The Bertz CT molecular complexity index is 317. The molecule has 1 aromatic rings. The van der Waals surface area contributed by atoms with Crippen molar-refractivity contribution in [1.29, 1.82) is 0 Å². The summed E-state index contributed by atoms with van der Waals surface area (Å²) >= 11 is 1.50. The van der Waals surface area contributed by atoms with Crippen LogP contribution in [0.4, 0.5) is 0 Å². The standard InChI is InChI=1S/C7H14N4OS/c1-3-11-6(12)9-10-7(11)13-4-5(2)8/h5H,3-4,8H2,1-2H3,(H,9,12). The Morgan fingerprint density at radius 2 is 2.46 bits per heavy atom. The highest BCUT2D eigenvalue weighted by Crippen LogP contribution is 2.12. The van der Waals surface area contributed by atoms with E-state index >= 15 is 0 Å². The molecule has 1 rings (SSSR count). The van der Waals surface area contributed by atoms with E-state index in [1.807, 2.05) is 13.8 Å². The second kappa shape index (κ2) is 4.48. The maximum absolute atomic E-state index is 11.1. The average Bonchev–Trinajstić information content (AvgIpc) is 2.42. The number of nitrogens with zero attached hydrogens (tertiary/aromatic N) is 2. The molecule has 74 valence electrons. The lowest BCUT2D eigenvalue weighted by Gasteiger charge is -2.03. The summed E-state index contributed by atoms with van der Waals surface area (Å²) in [5, 5.41) is 7.01. The van der Waals surface area contributed by atoms with Crippen molar-refractivity contribution in [3.8, 4) is 0 Å². The Morgan fingerprint density at radius 3 is 3.00 bits per heavy atom. The van der Waals surface area contributed by atoms with E-state index in [-0.39, 0.29) is 11.7 Å². The van der Waals surface area contributed by atoms with E-state index in [1.54, 1.807) is 4.57 Å². The molecule has 0 aromatic carbocycles. The third-order valence-electron chi connectivity index (χ3n) is 1.51. The van der Waals surface area contributed by atoms with Crippen LogP contribution in [-0.4, -0.2) is 26.6 Å². The van der Waals surface area contributed by atoms with Gasteiger partial charge in [-0.3, -0.25) is 4.57 Å². The third-order valence-corrected chi connectivity index (χ3v) is 2.78.